The van der Waals surface area contributed by atoms with Gasteiger partial charge in [0.25, 0.3) is 0 Å². The monoisotopic (exact) mass is 719 g/mol. The molecule has 244 valence electrons. The largest absolute Gasteiger partial charge is 0.466 e. The topological polar surface area (TPSA) is 93.9 Å². The Kier molecular flexibility index (Phi) is 16.0. The van der Waals surface area contributed by atoms with Gasteiger partial charge in [-0.3, -0.25) is 9.69 Å². The summed E-state index contributed by atoms with van der Waals surface area (Å²) in [6.45, 7) is 6.10. The van der Waals surface area contributed by atoms with E-state index >= 15 is 0 Å². The van der Waals surface area contributed by atoms with Gasteiger partial charge in [0.1, 0.15) is 0 Å². The van der Waals surface area contributed by atoms with Gasteiger partial charge in [-0.15, -0.1) is 0 Å². The van der Waals surface area contributed by atoms with Crippen molar-refractivity contribution in [2.45, 2.75) is 77.8 Å². The fraction of sp³-hybridized carbons (Fsp3) is 0.429. The van der Waals surface area contributed by atoms with E-state index in [4.69, 9.17) is 38.4 Å². The highest BCUT2D eigenvalue weighted by Crippen LogP contribution is 2.32. The van der Waals surface area contributed by atoms with E-state index in [0.717, 1.165) is 53.8 Å². The molecule has 1 aliphatic carbocycles. The van der Waals surface area contributed by atoms with E-state index in [1.807, 2.05) is 48.5 Å². The van der Waals surface area contributed by atoms with Crippen LogP contribution in [0.2, 0.25) is 10.0 Å². The predicted octanol–water partition coefficient (Wildman–Crippen LogP) is 9.81. The molecule has 0 radical (unpaired) electrons. The second-order valence-electron chi connectivity index (χ2n) is 11.0. The third kappa shape index (κ3) is 12.5. The number of carbonyl (C=O) groups excluding carboxylic acids is 2. The van der Waals surface area contributed by atoms with Crippen molar-refractivity contribution in [3.63, 3.8) is 0 Å². The Balaban J connectivity index is 0.000000305. The van der Waals surface area contributed by atoms with Crippen LogP contribution in [0, 0.1) is 0 Å². The van der Waals surface area contributed by atoms with Gasteiger partial charge in [0, 0.05) is 29.7 Å². The number of hydrogen-bond donors (Lipinski definition) is 2. The molecule has 0 spiro atoms. The van der Waals surface area contributed by atoms with Gasteiger partial charge >= 0.3 is 11.9 Å². The lowest BCUT2D eigenvalue weighted by atomic mass is 9.93. The van der Waals surface area contributed by atoms with Crippen LogP contribution in [-0.4, -0.2) is 42.6 Å². The Morgan fingerprint density at radius 2 is 1.58 bits per heavy atom. The molecule has 1 aliphatic rings. The number of nitrogen functional groups attached to an aromatic ring is 1. The molecule has 1 saturated carbocycles. The number of halogens is 3. The van der Waals surface area contributed by atoms with E-state index < -0.39 is 5.97 Å². The van der Waals surface area contributed by atoms with Crippen molar-refractivity contribution in [3.05, 3.63) is 86.3 Å². The number of nitrogens with one attached hydrogen (secondary N) is 1. The smallest absolute Gasteiger partial charge is 0.340 e. The van der Waals surface area contributed by atoms with Crippen LogP contribution in [0.4, 0.5) is 17.1 Å². The van der Waals surface area contributed by atoms with E-state index in [9.17, 15) is 9.59 Å². The molecule has 0 saturated heterocycles. The molecule has 7 nitrogen and oxygen atoms in total. The normalized spacial score (nSPS) is 13.1. The third-order valence-electron chi connectivity index (χ3n) is 7.63. The van der Waals surface area contributed by atoms with Crippen LogP contribution in [0.5, 0.6) is 0 Å². The van der Waals surface area contributed by atoms with Gasteiger partial charge in [-0.25, -0.2) is 4.79 Å². The summed E-state index contributed by atoms with van der Waals surface area (Å²) >= 11 is 15.6. The number of nitrogens with two attached hydrogens (primary N) is 1. The van der Waals surface area contributed by atoms with Gasteiger partial charge in [-0.05, 0) is 96.5 Å². The Hall–Kier alpha value is -2.78. The van der Waals surface area contributed by atoms with Crippen LogP contribution in [0.15, 0.2) is 65.1 Å². The molecular weight excluding hydrogens is 677 g/mol. The highest BCUT2D eigenvalue weighted by molar-refractivity contribution is 9.10. The average molecular weight is 722 g/mol. The van der Waals surface area contributed by atoms with Crippen LogP contribution >= 0.6 is 39.1 Å². The van der Waals surface area contributed by atoms with Crippen LogP contribution in [-0.2, 0) is 20.8 Å². The van der Waals surface area contributed by atoms with Gasteiger partial charge in [-0.2, -0.15) is 0 Å². The first-order valence-electron chi connectivity index (χ1n) is 15.6. The summed E-state index contributed by atoms with van der Waals surface area (Å²) in [6, 6.07) is 19.7. The standard InChI is InChI=1S/C23H35BrN2O4.C12H9Cl2N/c1-3-26(19-10-6-4-7-11-19)16-18-14-20(22(25)21(24)15-18)23(28)30-13-9-5-8-12-29-17(2)27;13-10-7-4-8-11(14)12(10)15-9-5-2-1-3-6-9/h14-15,19H,3-13,16,25H2,1-2H3;1-8,15H. The molecular formula is C35H44BrCl2N3O4. The number of para-hydroxylation sites is 2. The number of benzene rings is 3. The molecule has 3 aromatic rings. The van der Waals surface area contributed by atoms with Crippen LogP contribution in [0.3, 0.4) is 0 Å². The van der Waals surface area contributed by atoms with Crippen molar-refractivity contribution >= 4 is 68.1 Å². The number of ether oxygens (including phenoxy) is 2. The van der Waals surface area contributed by atoms with E-state index in [1.165, 1.54) is 39.0 Å². The maximum absolute atomic E-state index is 12.6. The Bertz CT molecular complexity index is 1350. The number of carbonyl (C=O) groups is 2. The predicted molar refractivity (Wildman–Crippen MR) is 188 cm³/mol. The number of nitrogens with zero attached hydrogens (tertiary/aromatic N) is 1. The molecule has 0 amide bonds. The lowest BCUT2D eigenvalue weighted by Crippen LogP contribution is -2.36. The number of esters is 2. The highest BCUT2D eigenvalue weighted by atomic mass is 79.9. The van der Waals surface area contributed by atoms with Gasteiger partial charge < -0.3 is 20.5 Å². The molecule has 3 N–H and O–H groups in total. The maximum atomic E-state index is 12.6. The number of unbranched alkanes of at least 4 members (excludes halogenated alkanes) is 2. The van der Waals surface area contributed by atoms with Crippen LogP contribution in [0.25, 0.3) is 0 Å². The van der Waals surface area contributed by atoms with Crippen LogP contribution in [0.1, 0.15) is 81.1 Å². The summed E-state index contributed by atoms with van der Waals surface area (Å²) < 4.78 is 11.1. The van der Waals surface area contributed by atoms with E-state index in [0.29, 0.717) is 40.6 Å². The molecule has 0 unspecified atom stereocenters. The lowest BCUT2D eigenvalue weighted by Gasteiger charge is -2.33. The van der Waals surface area contributed by atoms with Crippen molar-refractivity contribution in [3.8, 4) is 0 Å². The van der Waals surface area contributed by atoms with E-state index in [-0.39, 0.29) is 5.97 Å². The zero-order valence-electron chi connectivity index (χ0n) is 26.1. The summed E-state index contributed by atoms with van der Waals surface area (Å²) in [5.74, 6) is -0.664. The van der Waals surface area contributed by atoms with E-state index in [2.05, 4.69) is 33.1 Å². The summed E-state index contributed by atoms with van der Waals surface area (Å²) in [7, 11) is 0. The molecule has 0 aliphatic heterocycles. The second-order valence-corrected chi connectivity index (χ2v) is 12.7. The first-order valence-corrected chi connectivity index (χ1v) is 17.1. The summed E-state index contributed by atoms with van der Waals surface area (Å²) in [5.41, 5.74) is 9.75. The first kappa shape index (κ1) is 36.7. The lowest BCUT2D eigenvalue weighted by molar-refractivity contribution is -0.141. The van der Waals surface area contributed by atoms with Crippen molar-refractivity contribution < 1.29 is 19.1 Å². The number of anilines is 3. The van der Waals surface area contributed by atoms with Gasteiger partial charge in [-0.1, -0.05) is 73.7 Å². The van der Waals surface area contributed by atoms with Crippen molar-refractivity contribution in [2.75, 3.05) is 30.8 Å². The van der Waals surface area contributed by atoms with Gasteiger partial charge in [0.2, 0.25) is 0 Å². The van der Waals surface area contributed by atoms with Gasteiger partial charge in [0.05, 0.1) is 40.2 Å². The summed E-state index contributed by atoms with van der Waals surface area (Å²) in [4.78, 5) is 25.8. The average Bonchev–Trinajstić information content (AvgIpc) is 3.03. The molecule has 45 heavy (non-hydrogen) atoms. The quantitative estimate of drug-likeness (QED) is 0.103. The molecule has 0 heterocycles. The Labute approximate surface area is 285 Å². The zero-order chi connectivity index (χ0) is 32.6. The Morgan fingerprint density at radius 3 is 2.20 bits per heavy atom. The number of hydrogen-bond acceptors (Lipinski definition) is 7. The molecule has 0 aromatic heterocycles. The SMILES string of the molecule is CCN(Cc1cc(Br)c(N)c(C(=O)OCCCCCOC(C)=O)c1)C1CCCCC1.Clc1cccc(Cl)c1Nc1ccccc1. The minimum absolute atomic E-state index is 0.271. The minimum Gasteiger partial charge on any atom is -0.466 e. The van der Waals surface area contributed by atoms with E-state index in [1.54, 1.807) is 12.1 Å². The summed E-state index contributed by atoms with van der Waals surface area (Å²) in [5, 5.41) is 4.41. The molecule has 1 fully saturated rings. The van der Waals surface area contributed by atoms with Crippen molar-refractivity contribution in [2.24, 2.45) is 0 Å². The van der Waals surface area contributed by atoms with Crippen molar-refractivity contribution in [1.29, 1.82) is 0 Å². The maximum Gasteiger partial charge on any atom is 0.340 e. The van der Waals surface area contributed by atoms with Crippen LogP contribution < -0.4 is 11.1 Å². The summed E-state index contributed by atoms with van der Waals surface area (Å²) in [6.07, 6.45) is 8.73. The highest BCUT2D eigenvalue weighted by Gasteiger charge is 2.22. The zero-order valence-corrected chi connectivity index (χ0v) is 29.2. The minimum atomic E-state index is -0.393. The molecule has 0 bridgehead atoms. The molecule has 0 atom stereocenters. The molecule has 10 heteroatoms. The molecule has 4 rings (SSSR count). The number of rotatable bonds is 13. The van der Waals surface area contributed by atoms with Gasteiger partial charge in [0.15, 0.2) is 0 Å². The second kappa shape index (κ2) is 19.7. The fourth-order valence-corrected chi connectivity index (χ4v) is 6.24. The fourth-order valence-electron chi connectivity index (χ4n) is 5.24. The first-order chi connectivity index (χ1) is 21.7. The van der Waals surface area contributed by atoms with Crippen molar-refractivity contribution in [1.82, 2.24) is 4.90 Å². The Morgan fingerprint density at radius 1 is 0.933 bits per heavy atom. The third-order valence-corrected chi connectivity index (χ3v) is 8.91. The molecule has 3 aromatic carbocycles.